The third-order valence-corrected chi connectivity index (χ3v) is 8.39. The van der Waals surface area contributed by atoms with E-state index in [1.807, 2.05) is 0 Å². The minimum Gasteiger partial charge on any atom is -0.105 e. The smallest absolute Gasteiger partial charge is 0.0351 e. The normalized spacial score (nSPS) is 12.8. The standard InChI is InChI=1S/C36H35P/c1-24-14-11-15-25(2)32(24)34(28-18-7-5-8-19-28)30-22-13-23-31(36(30)37)35(29-20-9-6-10-21-29)33-26(3)16-12-17-27(33)4/h5-23,34-35H,37H2,1-4H3. The maximum absolute atomic E-state index is 3.15. The molecule has 0 N–H and O–H groups in total. The zero-order valence-electron chi connectivity index (χ0n) is 22.2. The lowest BCUT2D eigenvalue weighted by Crippen LogP contribution is -2.20. The molecule has 0 radical (unpaired) electrons. The summed E-state index contributed by atoms with van der Waals surface area (Å²) in [5.41, 5.74) is 13.5. The van der Waals surface area contributed by atoms with Gasteiger partial charge in [-0.3, -0.25) is 0 Å². The molecule has 0 spiro atoms. The van der Waals surface area contributed by atoms with Gasteiger partial charge in [-0.2, -0.15) is 0 Å². The summed E-state index contributed by atoms with van der Waals surface area (Å²) < 4.78 is 0. The molecule has 3 unspecified atom stereocenters. The summed E-state index contributed by atoms with van der Waals surface area (Å²) in [4.78, 5) is 0. The Balaban J connectivity index is 1.78. The summed E-state index contributed by atoms with van der Waals surface area (Å²) in [6, 6.07) is 42.1. The first-order valence-electron chi connectivity index (χ1n) is 13.1. The Kier molecular flexibility index (Phi) is 7.40. The third kappa shape index (κ3) is 4.92. The largest absolute Gasteiger partial charge is 0.105 e. The fraction of sp³-hybridized carbons (Fsp3) is 0.167. The number of hydrogen-bond acceptors (Lipinski definition) is 0. The van der Waals surface area contributed by atoms with Crippen molar-refractivity contribution in [2.24, 2.45) is 0 Å². The van der Waals surface area contributed by atoms with Crippen LogP contribution in [0.15, 0.2) is 115 Å². The molecule has 0 amide bonds. The van der Waals surface area contributed by atoms with Crippen LogP contribution in [-0.4, -0.2) is 0 Å². The van der Waals surface area contributed by atoms with Crippen molar-refractivity contribution in [3.63, 3.8) is 0 Å². The summed E-state index contributed by atoms with van der Waals surface area (Å²) in [6.07, 6.45) is 0. The lowest BCUT2D eigenvalue weighted by molar-refractivity contribution is 0.928. The second kappa shape index (κ2) is 10.9. The Morgan fingerprint density at radius 1 is 0.405 bits per heavy atom. The molecular weight excluding hydrogens is 463 g/mol. The van der Waals surface area contributed by atoms with E-state index in [1.54, 1.807) is 0 Å². The van der Waals surface area contributed by atoms with Crippen LogP contribution < -0.4 is 5.30 Å². The Morgan fingerprint density at radius 2 is 0.730 bits per heavy atom. The number of benzene rings is 5. The second-order valence-corrected chi connectivity index (χ2v) is 10.7. The highest BCUT2D eigenvalue weighted by atomic mass is 31.0. The van der Waals surface area contributed by atoms with Gasteiger partial charge in [0, 0.05) is 11.8 Å². The SMILES string of the molecule is Cc1cccc(C)c1C(c1ccccc1)c1cccc(C(c2ccccc2)c2c(C)cccc2C)c1P. The summed E-state index contributed by atoms with van der Waals surface area (Å²) in [6.45, 7) is 8.98. The van der Waals surface area contributed by atoms with Crippen LogP contribution in [0, 0.1) is 27.7 Å². The van der Waals surface area contributed by atoms with E-state index in [9.17, 15) is 0 Å². The Morgan fingerprint density at radius 3 is 1.08 bits per heavy atom. The van der Waals surface area contributed by atoms with Crippen LogP contribution in [0.1, 0.15) is 67.5 Å². The molecular formula is C36H35P. The summed E-state index contributed by atoms with van der Waals surface area (Å²) in [5, 5.41) is 1.29. The van der Waals surface area contributed by atoms with Gasteiger partial charge in [0.15, 0.2) is 0 Å². The Labute approximate surface area is 224 Å². The predicted molar refractivity (Wildman–Crippen MR) is 162 cm³/mol. The van der Waals surface area contributed by atoms with E-state index in [0.717, 1.165) is 0 Å². The minimum absolute atomic E-state index is 0.157. The van der Waals surface area contributed by atoms with Crippen molar-refractivity contribution in [2.75, 3.05) is 0 Å². The predicted octanol–water partition coefficient (Wildman–Crippen LogP) is 8.78. The van der Waals surface area contributed by atoms with E-state index in [-0.39, 0.29) is 11.8 Å². The van der Waals surface area contributed by atoms with Crippen molar-refractivity contribution in [3.8, 4) is 0 Å². The van der Waals surface area contributed by atoms with Gasteiger partial charge < -0.3 is 0 Å². The van der Waals surface area contributed by atoms with Gasteiger partial charge in [0.1, 0.15) is 0 Å². The Bertz CT molecular complexity index is 1360. The molecule has 0 aliphatic carbocycles. The van der Waals surface area contributed by atoms with Gasteiger partial charge >= 0.3 is 0 Å². The molecule has 37 heavy (non-hydrogen) atoms. The molecule has 3 atom stereocenters. The van der Waals surface area contributed by atoms with Crippen molar-refractivity contribution in [1.29, 1.82) is 0 Å². The van der Waals surface area contributed by atoms with E-state index >= 15 is 0 Å². The minimum atomic E-state index is 0.157. The highest BCUT2D eigenvalue weighted by molar-refractivity contribution is 7.27. The summed E-state index contributed by atoms with van der Waals surface area (Å²) in [5.74, 6) is 0.313. The lowest BCUT2D eigenvalue weighted by Gasteiger charge is -2.29. The first-order chi connectivity index (χ1) is 18.0. The van der Waals surface area contributed by atoms with Gasteiger partial charge in [0.25, 0.3) is 0 Å². The van der Waals surface area contributed by atoms with Crippen molar-refractivity contribution in [3.05, 3.63) is 171 Å². The molecule has 5 aromatic rings. The van der Waals surface area contributed by atoms with E-state index in [1.165, 1.54) is 60.9 Å². The molecule has 0 bridgehead atoms. The van der Waals surface area contributed by atoms with Crippen molar-refractivity contribution >= 4 is 14.5 Å². The van der Waals surface area contributed by atoms with Crippen LogP contribution in [-0.2, 0) is 0 Å². The summed E-state index contributed by atoms with van der Waals surface area (Å²) in [7, 11) is 3.15. The average Bonchev–Trinajstić information content (AvgIpc) is 2.90. The van der Waals surface area contributed by atoms with Crippen molar-refractivity contribution in [1.82, 2.24) is 0 Å². The lowest BCUT2D eigenvalue weighted by atomic mass is 9.77. The van der Waals surface area contributed by atoms with Gasteiger partial charge in [-0.25, -0.2) is 0 Å². The average molecular weight is 499 g/mol. The van der Waals surface area contributed by atoms with E-state index in [2.05, 4.69) is 152 Å². The Hall–Kier alpha value is -3.47. The molecule has 0 aromatic heterocycles. The highest BCUT2D eigenvalue weighted by Gasteiger charge is 2.27. The molecule has 0 saturated carbocycles. The molecule has 5 rings (SSSR count). The van der Waals surface area contributed by atoms with Crippen LogP contribution in [0.4, 0.5) is 0 Å². The molecule has 0 aliphatic heterocycles. The fourth-order valence-corrected chi connectivity index (χ4v) is 6.49. The van der Waals surface area contributed by atoms with Gasteiger partial charge in [-0.05, 0) is 88.6 Å². The monoisotopic (exact) mass is 498 g/mol. The maximum Gasteiger partial charge on any atom is 0.0351 e. The van der Waals surface area contributed by atoms with Crippen LogP contribution >= 0.6 is 9.24 Å². The number of hydrogen-bond donors (Lipinski definition) is 0. The zero-order valence-corrected chi connectivity index (χ0v) is 23.4. The quantitative estimate of drug-likeness (QED) is 0.162. The first kappa shape index (κ1) is 25.2. The van der Waals surface area contributed by atoms with Crippen LogP contribution in [0.5, 0.6) is 0 Å². The molecule has 0 heterocycles. The second-order valence-electron chi connectivity index (χ2n) is 10.1. The van der Waals surface area contributed by atoms with Gasteiger partial charge in [0.05, 0.1) is 0 Å². The van der Waals surface area contributed by atoms with Gasteiger partial charge in [-0.15, -0.1) is 9.24 Å². The molecule has 0 nitrogen and oxygen atoms in total. The third-order valence-electron chi connectivity index (χ3n) is 7.72. The highest BCUT2D eigenvalue weighted by Crippen LogP contribution is 2.40. The van der Waals surface area contributed by atoms with Crippen molar-refractivity contribution < 1.29 is 0 Å². The van der Waals surface area contributed by atoms with Crippen LogP contribution in [0.3, 0.4) is 0 Å². The molecule has 0 fully saturated rings. The summed E-state index contributed by atoms with van der Waals surface area (Å²) >= 11 is 0. The maximum atomic E-state index is 3.15. The van der Waals surface area contributed by atoms with E-state index in [0.29, 0.717) is 0 Å². The topological polar surface area (TPSA) is 0 Å². The van der Waals surface area contributed by atoms with E-state index < -0.39 is 0 Å². The van der Waals surface area contributed by atoms with Crippen LogP contribution in [0.2, 0.25) is 0 Å². The number of aryl methyl sites for hydroxylation is 4. The fourth-order valence-electron chi connectivity index (χ4n) is 5.96. The first-order valence-corrected chi connectivity index (χ1v) is 13.7. The molecule has 0 saturated heterocycles. The number of rotatable bonds is 6. The van der Waals surface area contributed by atoms with Crippen molar-refractivity contribution in [2.45, 2.75) is 39.5 Å². The molecule has 184 valence electrons. The van der Waals surface area contributed by atoms with E-state index in [4.69, 9.17) is 0 Å². The van der Waals surface area contributed by atoms with Crippen LogP contribution in [0.25, 0.3) is 0 Å². The zero-order chi connectivity index (χ0) is 25.9. The van der Waals surface area contributed by atoms with Gasteiger partial charge in [0.2, 0.25) is 0 Å². The molecule has 1 heteroatoms. The van der Waals surface area contributed by atoms with Gasteiger partial charge in [-0.1, -0.05) is 115 Å². The molecule has 0 aliphatic rings. The molecule has 5 aromatic carbocycles.